The van der Waals surface area contributed by atoms with Gasteiger partial charge in [-0.3, -0.25) is 4.79 Å². The van der Waals surface area contributed by atoms with E-state index in [2.05, 4.69) is 21.2 Å². The molecule has 0 saturated heterocycles. The summed E-state index contributed by atoms with van der Waals surface area (Å²) in [6, 6.07) is 20.4. The molecule has 8 nitrogen and oxygen atoms in total. The second-order valence-electron chi connectivity index (χ2n) is 10.1. The zero-order chi connectivity index (χ0) is 29.8. The molecule has 42 heavy (non-hydrogen) atoms. The number of benzene rings is 3. The highest BCUT2D eigenvalue weighted by atomic mass is 79.9. The number of ketones is 1. The van der Waals surface area contributed by atoms with Crippen LogP contribution in [0, 0.1) is 0 Å². The van der Waals surface area contributed by atoms with E-state index >= 15 is 0 Å². The van der Waals surface area contributed by atoms with Gasteiger partial charge in [-0.25, -0.2) is 4.79 Å². The molecule has 0 bridgehead atoms. The molecule has 1 aliphatic carbocycles. The maximum absolute atomic E-state index is 13.9. The SMILES string of the molecule is COc1ccc([C@@H]2CC(=O)C3=C(C2)NC(C)=C(C(=O)OCCOc2ccccc2)[C@H]3c2cc(Br)c(O)c(OC)c2)cc1. The Hall–Kier alpha value is -4.24. The number of nitrogens with one attached hydrogen (secondary N) is 1. The molecular formula is C33H32BrNO7. The second kappa shape index (κ2) is 12.7. The third-order valence-corrected chi connectivity index (χ3v) is 8.17. The van der Waals surface area contributed by atoms with Crippen molar-refractivity contribution in [1.29, 1.82) is 0 Å². The Morgan fingerprint density at radius 2 is 1.69 bits per heavy atom. The Morgan fingerprint density at radius 3 is 2.38 bits per heavy atom. The predicted octanol–water partition coefficient (Wildman–Crippen LogP) is 6.16. The monoisotopic (exact) mass is 633 g/mol. The van der Waals surface area contributed by atoms with Crippen LogP contribution in [-0.4, -0.2) is 44.3 Å². The minimum atomic E-state index is -0.723. The molecule has 0 aromatic heterocycles. The van der Waals surface area contributed by atoms with Crippen molar-refractivity contribution in [3.05, 3.63) is 105 Å². The molecular weight excluding hydrogens is 602 g/mol. The minimum Gasteiger partial charge on any atom is -0.503 e. The fourth-order valence-corrected chi connectivity index (χ4v) is 6.02. The molecule has 2 N–H and O–H groups in total. The summed E-state index contributed by atoms with van der Waals surface area (Å²) in [5.74, 6) is 0.204. The maximum Gasteiger partial charge on any atom is 0.336 e. The van der Waals surface area contributed by atoms with Crippen LogP contribution in [0.5, 0.6) is 23.0 Å². The van der Waals surface area contributed by atoms with E-state index in [1.54, 1.807) is 19.2 Å². The van der Waals surface area contributed by atoms with E-state index in [9.17, 15) is 14.7 Å². The average Bonchev–Trinajstić information content (AvgIpc) is 3.00. The Labute approximate surface area is 253 Å². The van der Waals surface area contributed by atoms with Gasteiger partial charge in [-0.05, 0) is 82.7 Å². The number of halogens is 1. The molecule has 0 fully saturated rings. The molecule has 0 amide bonds. The first kappa shape index (κ1) is 29.3. The van der Waals surface area contributed by atoms with Gasteiger partial charge in [0.2, 0.25) is 0 Å². The maximum atomic E-state index is 13.9. The third kappa shape index (κ3) is 6.01. The van der Waals surface area contributed by atoms with Crippen molar-refractivity contribution < 1.29 is 33.6 Å². The van der Waals surface area contributed by atoms with E-state index in [1.165, 1.54) is 7.11 Å². The lowest BCUT2D eigenvalue weighted by atomic mass is 9.71. The number of rotatable bonds is 9. The molecule has 9 heteroatoms. The van der Waals surface area contributed by atoms with Crippen LogP contribution < -0.4 is 19.5 Å². The van der Waals surface area contributed by atoms with Gasteiger partial charge in [0.05, 0.1) is 24.3 Å². The number of aromatic hydroxyl groups is 1. The van der Waals surface area contributed by atoms with Crippen molar-refractivity contribution in [2.75, 3.05) is 27.4 Å². The van der Waals surface area contributed by atoms with Crippen molar-refractivity contribution in [3.63, 3.8) is 0 Å². The summed E-state index contributed by atoms with van der Waals surface area (Å²) >= 11 is 3.40. The number of Topliss-reactive ketones (excluding diaryl/α,β-unsaturated/α-hetero) is 1. The molecule has 0 spiro atoms. The van der Waals surface area contributed by atoms with Crippen LogP contribution >= 0.6 is 15.9 Å². The Morgan fingerprint density at radius 1 is 0.952 bits per heavy atom. The van der Waals surface area contributed by atoms with Gasteiger partial charge in [0, 0.05) is 29.3 Å². The zero-order valence-electron chi connectivity index (χ0n) is 23.6. The van der Waals surface area contributed by atoms with E-state index in [0.717, 1.165) is 17.0 Å². The lowest BCUT2D eigenvalue weighted by molar-refractivity contribution is -0.140. The summed E-state index contributed by atoms with van der Waals surface area (Å²) in [5, 5.41) is 13.8. The molecule has 1 heterocycles. The van der Waals surface area contributed by atoms with Crippen LogP contribution in [0.1, 0.15) is 42.7 Å². The number of carbonyl (C=O) groups is 2. The Kier molecular flexibility index (Phi) is 8.87. The summed E-state index contributed by atoms with van der Waals surface area (Å²) < 4.78 is 22.4. The highest BCUT2D eigenvalue weighted by Gasteiger charge is 2.42. The first-order valence-electron chi connectivity index (χ1n) is 13.6. The van der Waals surface area contributed by atoms with Crippen molar-refractivity contribution in [2.45, 2.75) is 31.6 Å². The number of ether oxygens (including phenoxy) is 4. The number of dihydropyridines is 1. The van der Waals surface area contributed by atoms with Gasteiger partial charge in [-0.2, -0.15) is 0 Å². The molecule has 3 aromatic carbocycles. The summed E-state index contributed by atoms with van der Waals surface area (Å²) in [5.41, 5.74) is 3.85. The van der Waals surface area contributed by atoms with Crippen molar-refractivity contribution in [2.24, 2.45) is 0 Å². The molecule has 218 valence electrons. The minimum absolute atomic E-state index is 0.0270. The highest BCUT2D eigenvalue weighted by Crippen LogP contribution is 2.48. The number of hydrogen-bond acceptors (Lipinski definition) is 8. The van der Waals surface area contributed by atoms with Gasteiger partial charge in [0.25, 0.3) is 0 Å². The average molecular weight is 635 g/mol. The second-order valence-corrected chi connectivity index (χ2v) is 11.0. The lowest BCUT2D eigenvalue weighted by Gasteiger charge is -2.37. The number of carbonyl (C=O) groups excluding carboxylic acids is 2. The number of methoxy groups -OCH3 is 2. The number of para-hydroxylation sites is 1. The van der Waals surface area contributed by atoms with Crippen LogP contribution in [0.3, 0.4) is 0 Å². The standard InChI is InChI=1S/C33H32BrNO7/c1-19-29(33(38)42-14-13-41-24-7-5-4-6-8-24)30(22-15-25(34)32(37)28(18-22)40-3)31-26(35-19)16-21(17-27(31)36)20-9-11-23(39-2)12-10-20/h4-12,15,18,21,30,35,37H,13-14,16-17H2,1-3H3/t21-,30+/m0/s1. The first-order valence-corrected chi connectivity index (χ1v) is 14.4. The summed E-state index contributed by atoms with van der Waals surface area (Å²) in [4.78, 5) is 27.5. The van der Waals surface area contributed by atoms with Gasteiger partial charge in [0.15, 0.2) is 17.3 Å². The van der Waals surface area contributed by atoms with Gasteiger partial charge in [0.1, 0.15) is 24.7 Å². The smallest absolute Gasteiger partial charge is 0.336 e. The number of esters is 1. The topological polar surface area (TPSA) is 103 Å². The van der Waals surface area contributed by atoms with Gasteiger partial charge >= 0.3 is 5.97 Å². The number of allylic oxidation sites excluding steroid dienone is 3. The van der Waals surface area contributed by atoms with Crippen LogP contribution in [-0.2, 0) is 14.3 Å². The fraction of sp³-hybridized carbons (Fsp3) is 0.273. The molecule has 0 saturated carbocycles. The van der Waals surface area contributed by atoms with Crippen molar-refractivity contribution in [3.8, 4) is 23.0 Å². The molecule has 0 unspecified atom stereocenters. The highest BCUT2D eigenvalue weighted by molar-refractivity contribution is 9.10. The largest absolute Gasteiger partial charge is 0.503 e. The van der Waals surface area contributed by atoms with E-state index in [-0.39, 0.29) is 42.8 Å². The molecule has 3 aromatic rings. The van der Waals surface area contributed by atoms with Gasteiger partial charge in [-0.1, -0.05) is 30.3 Å². The van der Waals surface area contributed by atoms with E-state index in [0.29, 0.717) is 39.0 Å². The van der Waals surface area contributed by atoms with E-state index in [4.69, 9.17) is 18.9 Å². The molecule has 2 aliphatic rings. The quantitative estimate of drug-likeness (QED) is 0.213. The van der Waals surface area contributed by atoms with Crippen LogP contribution in [0.2, 0.25) is 0 Å². The fourth-order valence-electron chi connectivity index (χ4n) is 5.56. The van der Waals surface area contributed by atoms with Gasteiger partial charge in [-0.15, -0.1) is 0 Å². The van der Waals surface area contributed by atoms with Crippen molar-refractivity contribution in [1.82, 2.24) is 5.32 Å². The lowest BCUT2D eigenvalue weighted by Crippen LogP contribution is -2.36. The van der Waals surface area contributed by atoms with Gasteiger partial charge < -0.3 is 29.4 Å². The number of phenolic OH excluding ortho intramolecular Hbond substituents is 1. The predicted molar refractivity (Wildman–Crippen MR) is 161 cm³/mol. The number of hydrogen-bond donors (Lipinski definition) is 2. The Balaban J connectivity index is 1.47. The summed E-state index contributed by atoms with van der Waals surface area (Å²) in [6.45, 7) is 2.01. The normalized spacial score (nSPS) is 18.2. The molecule has 0 radical (unpaired) electrons. The first-order chi connectivity index (χ1) is 20.3. The Bertz CT molecular complexity index is 1550. The van der Waals surface area contributed by atoms with Crippen molar-refractivity contribution >= 4 is 27.7 Å². The summed E-state index contributed by atoms with van der Waals surface area (Å²) in [7, 11) is 3.07. The molecule has 1 aliphatic heterocycles. The zero-order valence-corrected chi connectivity index (χ0v) is 25.2. The summed E-state index contributed by atoms with van der Waals surface area (Å²) in [6.07, 6.45) is 0.872. The van der Waals surface area contributed by atoms with Crippen LogP contribution in [0.25, 0.3) is 0 Å². The molecule has 2 atom stereocenters. The number of phenols is 1. The molecule has 5 rings (SSSR count). The van der Waals surface area contributed by atoms with E-state index in [1.807, 2.05) is 61.5 Å². The van der Waals surface area contributed by atoms with E-state index < -0.39 is 11.9 Å². The van der Waals surface area contributed by atoms with Crippen LogP contribution in [0.4, 0.5) is 0 Å². The third-order valence-electron chi connectivity index (χ3n) is 7.57. The van der Waals surface area contributed by atoms with Crippen LogP contribution in [0.15, 0.2) is 93.7 Å².